The van der Waals surface area contributed by atoms with Gasteiger partial charge in [-0.05, 0) is 44.9 Å². The molecule has 7 N–H and O–H groups in total. The summed E-state index contributed by atoms with van der Waals surface area (Å²) < 4.78 is 33.6. The van der Waals surface area contributed by atoms with Crippen molar-refractivity contribution in [1.29, 1.82) is 0 Å². The van der Waals surface area contributed by atoms with Gasteiger partial charge in [0.15, 0.2) is 18.7 Å². The van der Waals surface area contributed by atoms with E-state index in [-0.39, 0.29) is 26.1 Å². The lowest BCUT2D eigenvalue weighted by Gasteiger charge is -2.42. The number of ether oxygens (including phenoxy) is 6. The first-order chi connectivity index (χ1) is 32.5. The van der Waals surface area contributed by atoms with Crippen LogP contribution in [0.1, 0.15) is 187 Å². The van der Waals surface area contributed by atoms with E-state index in [2.05, 4.69) is 50.3 Å². The fraction of sp³-hybridized carbons (Fsp3) is 0.846. The van der Waals surface area contributed by atoms with Crippen molar-refractivity contribution in [3.8, 4) is 0 Å². The van der Waals surface area contributed by atoms with Crippen molar-refractivity contribution in [3.63, 3.8) is 0 Å². The zero-order valence-electron chi connectivity index (χ0n) is 41.1. The third kappa shape index (κ3) is 27.6. The first-order valence-corrected chi connectivity index (χ1v) is 26.1. The fourth-order valence-corrected chi connectivity index (χ4v) is 8.11. The van der Waals surface area contributed by atoms with Crippen LogP contribution in [0.25, 0.3) is 0 Å². The highest BCUT2D eigenvalue weighted by molar-refractivity contribution is 5.70. The Balaban J connectivity index is 1.81. The molecule has 0 aromatic carbocycles. The summed E-state index contributed by atoms with van der Waals surface area (Å²) in [5.41, 5.74) is 0. The van der Waals surface area contributed by atoms with Gasteiger partial charge >= 0.3 is 11.9 Å². The van der Waals surface area contributed by atoms with Crippen molar-refractivity contribution in [2.24, 2.45) is 0 Å². The minimum Gasteiger partial charge on any atom is -0.462 e. The Morgan fingerprint density at radius 1 is 0.493 bits per heavy atom. The Bertz CT molecular complexity index is 1310. The molecule has 2 heterocycles. The van der Waals surface area contributed by atoms with Gasteiger partial charge in [0, 0.05) is 12.8 Å². The number of esters is 2. The summed E-state index contributed by atoms with van der Waals surface area (Å²) in [5, 5.41) is 72.1. The maximum Gasteiger partial charge on any atom is 0.306 e. The van der Waals surface area contributed by atoms with Crippen molar-refractivity contribution in [2.75, 3.05) is 26.4 Å². The molecule has 11 atom stereocenters. The largest absolute Gasteiger partial charge is 0.462 e. The molecule has 15 nitrogen and oxygen atoms in total. The van der Waals surface area contributed by atoms with Crippen molar-refractivity contribution in [1.82, 2.24) is 0 Å². The lowest BCUT2D eigenvalue weighted by atomic mass is 9.98. The summed E-state index contributed by atoms with van der Waals surface area (Å²) in [5.74, 6) is -0.939. The lowest BCUT2D eigenvalue weighted by Crippen LogP contribution is -2.61. The van der Waals surface area contributed by atoms with E-state index >= 15 is 0 Å². The topological polar surface area (TPSA) is 231 Å². The van der Waals surface area contributed by atoms with Crippen LogP contribution in [0.5, 0.6) is 0 Å². The van der Waals surface area contributed by atoms with Crippen molar-refractivity contribution >= 4 is 11.9 Å². The lowest BCUT2D eigenvalue weighted by molar-refractivity contribution is -0.332. The van der Waals surface area contributed by atoms with Gasteiger partial charge in [-0.2, -0.15) is 0 Å². The van der Waals surface area contributed by atoms with Crippen LogP contribution in [0.4, 0.5) is 0 Å². The predicted octanol–water partition coefficient (Wildman–Crippen LogP) is 7.32. The van der Waals surface area contributed by atoms with E-state index in [1.165, 1.54) is 77.0 Å². The van der Waals surface area contributed by atoms with Crippen LogP contribution < -0.4 is 0 Å². The molecule has 0 bridgehead atoms. The average Bonchev–Trinajstić information content (AvgIpc) is 3.32. The minimum atomic E-state index is -1.77. The normalized spacial score (nSPS) is 26.2. The second kappa shape index (κ2) is 39.4. The molecule has 0 aliphatic carbocycles. The molecule has 2 aliphatic heterocycles. The molecular formula is C52H92O15. The molecule has 2 rings (SSSR count). The van der Waals surface area contributed by atoms with Crippen LogP contribution in [0, 0.1) is 0 Å². The molecule has 2 fully saturated rings. The summed E-state index contributed by atoms with van der Waals surface area (Å²) in [6.07, 6.45) is 24.6. The molecule has 0 amide bonds. The van der Waals surface area contributed by atoms with E-state index in [1.54, 1.807) is 0 Å². The van der Waals surface area contributed by atoms with Gasteiger partial charge in [0.25, 0.3) is 0 Å². The van der Waals surface area contributed by atoms with Gasteiger partial charge in [0.1, 0.15) is 55.4 Å². The molecule has 2 aliphatic rings. The van der Waals surface area contributed by atoms with Crippen LogP contribution in [0.3, 0.4) is 0 Å². The van der Waals surface area contributed by atoms with Gasteiger partial charge in [-0.15, -0.1) is 0 Å². The van der Waals surface area contributed by atoms with E-state index < -0.39 is 92.7 Å². The fourth-order valence-electron chi connectivity index (χ4n) is 8.11. The second-order valence-electron chi connectivity index (χ2n) is 18.3. The van der Waals surface area contributed by atoms with Gasteiger partial charge < -0.3 is 64.2 Å². The van der Waals surface area contributed by atoms with E-state index in [9.17, 15) is 45.3 Å². The SMILES string of the molecule is CC/C=C/C/C=C/C/C=C/CCCCCCCC(=O)O[C@@H](COC(=O)CCCCCCCCCCCCCCCCCC)CO[C@@H]1O[C@H](CO[C@@H]2O[C@H](CO)[C@H](O)C(O)C2O)[C@H](O)C(O)C1O. The number of rotatable bonds is 40. The Labute approximate surface area is 402 Å². The maximum atomic E-state index is 13.0. The number of unbranched alkanes of at least 4 members (excludes halogenated alkanes) is 20. The molecule has 67 heavy (non-hydrogen) atoms. The van der Waals surface area contributed by atoms with Crippen LogP contribution >= 0.6 is 0 Å². The van der Waals surface area contributed by atoms with Gasteiger partial charge in [0.2, 0.25) is 0 Å². The Hall–Kier alpha value is -2.28. The highest BCUT2D eigenvalue weighted by Gasteiger charge is 2.47. The van der Waals surface area contributed by atoms with Gasteiger partial charge in [-0.25, -0.2) is 0 Å². The Morgan fingerprint density at radius 3 is 1.48 bits per heavy atom. The molecule has 2 saturated heterocycles. The third-order valence-electron chi connectivity index (χ3n) is 12.4. The summed E-state index contributed by atoms with van der Waals surface area (Å²) in [6, 6.07) is 0. The molecule has 0 aromatic rings. The number of carbonyl (C=O) groups excluding carboxylic acids is 2. The minimum absolute atomic E-state index is 0.147. The third-order valence-corrected chi connectivity index (χ3v) is 12.4. The summed E-state index contributed by atoms with van der Waals surface area (Å²) in [6.45, 7) is 2.47. The first-order valence-electron chi connectivity index (χ1n) is 26.1. The van der Waals surface area contributed by atoms with Gasteiger partial charge in [-0.3, -0.25) is 9.59 Å². The molecule has 0 radical (unpaired) electrons. The molecular weight excluding hydrogens is 865 g/mol. The van der Waals surface area contributed by atoms with Crippen LogP contribution in [-0.2, 0) is 38.0 Å². The van der Waals surface area contributed by atoms with E-state index in [0.29, 0.717) is 12.8 Å². The molecule has 0 saturated carbocycles. The second-order valence-corrected chi connectivity index (χ2v) is 18.3. The number of aliphatic hydroxyl groups excluding tert-OH is 7. The zero-order valence-corrected chi connectivity index (χ0v) is 41.1. The van der Waals surface area contributed by atoms with Gasteiger partial charge in [0.05, 0.1) is 19.8 Å². The summed E-state index contributed by atoms with van der Waals surface area (Å²) in [7, 11) is 0. The van der Waals surface area contributed by atoms with Crippen molar-refractivity contribution < 1.29 is 73.8 Å². The van der Waals surface area contributed by atoms with Crippen LogP contribution in [0.15, 0.2) is 36.5 Å². The molecule has 4 unspecified atom stereocenters. The predicted molar refractivity (Wildman–Crippen MR) is 257 cm³/mol. The zero-order chi connectivity index (χ0) is 48.9. The van der Waals surface area contributed by atoms with Crippen LogP contribution in [0.2, 0.25) is 0 Å². The summed E-state index contributed by atoms with van der Waals surface area (Å²) >= 11 is 0. The molecule has 15 heteroatoms. The van der Waals surface area contributed by atoms with E-state index in [4.69, 9.17) is 28.4 Å². The highest BCUT2D eigenvalue weighted by Crippen LogP contribution is 2.26. The number of hydrogen-bond donors (Lipinski definition) is 7. The molecule has 390 valence electrons. The average molecular weight is 957 g/mol. The van der Waals surface area contributed by atoms with Crippen molar-refractivity contribution in [3.05, 3.63) is 36.5 Å². The Kier molecular flexibility index (Phi) is 35.8. The van der Waals surface area contributed by atoms with E-state index in [0.717, 1.165) is 70.6 Å². The van der Waals surface area contributed by atoms with Crippen molar-refractivity contribution in [2.45, 2.75) is 255 Å². The first kappa shape index (κ1) is 60.8. The monoisotopic (exact) mass is 957 g/mol. The van der Waals surface area contributed by atoms with Gasteiger partial charge in [-0.1, -0.05) is 166 Å². The number of hydrogen-bond acceptors (Lipinski definition) is 15. The number of allylic oxidation sites excluding steroid dienone is 6. The van der Waals surface area contributed by atoms with E-state index in [1.807, 2.05) is 0 Å². The number of carbonyl (C=O) groups is 2. The van der Waals surface area contributed by atoms with Crippen LogP contribution in [-0.4, -0.2) is 142 Å². The highest BCUT2D eigenvalue weighted by atomic mass is 16.7. The smallest absolute Gasteiger partial charge is 0.306 e. The number of aliphatic hydroxyl groups is 7. The molecule has 0 spiro atoms. The maximum absolute atomic E-state index is 13.0. The summed E-state index contributed by atoms with van der Waals surface area (Å²) in [4.78, 5) is 25.8. The quantitative estimate of drug-likeness (QED) is 0.0181. The standard InChI is InChI=1S/C52H92O15/c1-3-5-7-9-11-13-15-17-19-21-22-24-26-28-30-32-34-43(54)62-37-40(65-44(55)35-33-31-29-27-25-23-20-18-16-14-12-10-8-6-4-2)38-63-51-50(61)48(59)46(57)42(67-51)39-64-52-49(60)47(58)45(56)41(36-53)66-52/h6,8,12,14,18,20,40-42,45-53,56-61H,3-5,7,9-11,13,15-17,19,21-39H2,1-2H3/b8-6+,14-12+,20-18+/t40-,41+,42+,45-,46-,47?,48?,49?,50?,51+,52+/m0/s1. The Morgan fingerprint density at radius 2 is 0.940 bits per heavy atom. The molecule has 0 aromatic heterocycles.